The second kappa shape index (κ2) is 8.78. The van der Waals surface area contributed by atoms with Crippen molar-refractivity contribution in [3.8, 4) is 0 Å². The number of carbonyl (C=O) groups excluding carboxylic acids is 1. The van der Waals surface area contributed by atoms with Gasteiger partial charge in [0.25, 0.3) is 5.91 Å². The zero-order chi connectivity index (χ0) is 19.3. The number of allylic oxidation sites excluding steroid dienone is 1. The zero-order valence-electron chi connectivity index (χ0n) is 16.5. The van der Waals surface area contributed by atoms with Crippen molar-refractivity contribution in [2.45, 2.75) is 64.1 Å². The molecule has 1 aliphatic carbocycles. The summed E-state index contributed by atoms with van der Waals surface area (Å²) in [4.78, 5) is 15.3. The Morgan fingerprint density at radius 2 is 2.14 bits per heavy atom. The van der Waals surface area contributed by atoms with Crippen LogP contribution in [0.15, 0.2) is 35.5 Å². The maximum atomic E-state index is 13.3. The van der Waals surface area contributed by atoms with Crippen LogP contribution < -0.4 is 5.32 Å². The first-order valence-corrected chi connectivity index (χ1v) is 10.5. The van der Waals surface area contributed by atoms with E-state index in [0.29, 0.717) is 24.8 Å². The summed E-state index contributed by atoms with van der Waals surface area (Å²) in [5.41, 5.74) is 2.98. The Labute approximate surface area is 166 Å². The van der Waals surface area contributed by atoms with Crippen molar-refractivity contribution in [3.63, 3.8) is 0 Å². The summed E-state index contributed by atoms with van der Waals surface area (Å²) in [6.07, 6.45) is 11.0. The van der Waals surface area contributed by atoms with E-state index in [2.05, 4.69) is 11.9 Å². The van der Waals surface area contributed by atoms with Crippen molar-refractivity contribution in [1.82, 2.24) is 20.0 Å². The number of hydrogen-bond donors (Lipinski definition) is 1. The van der Waals surface area contributed by atoms with Crippen LogP contribution in [-0.4, -0.2) is 39.7 Å². The van der Waals surface area contributed by atoms with Gasteiger partial charge in [0.2, 0.25) is 0 Å². The number of rotatable bonds is 6. The summed E-state index contributed by atoms with van der Waals surface area (Å²) < 4.78 is 7.41. The van der Waals surface area contributed by atoms with Gasteiger partial charge in [0, 0.05) is 30.4 Å². The molecule has 2 aromatic rings. The fraction of sp³-hybridized carbons (Fsp3) is 0.545. The van der Waals surface area contributed by atoms with E-state index in [1.807, 2.05) is 27.8 Å². The van der Waals surface area contributed by atoms with E-state index in [1.165, 1.54) is 18.5 Å². The van der Waals surface area contributed by atoms with Gasteiger partial charge in [-0.2, -0.15) is 5.10 Å². The lowest BCUT2D eigenvalue weighted by molar-refractivity contribution is 0.0753. The predicted molar refractivity (Wildman–Crippen MR) is 108 cm³/mol. The Morgan fingerprint density at radius 1 is 1.32 bits per heavy atom. The lowest BCUT2D eigenvalue weighted by Gasteiger charge is -2.25. The Morgan fingerprint density at radius 3 is 2.86 bits per heavy atom. The van der Waals surface area contributed by atoms with Gasteiger partial charge in [-0.05, 0) is 44.2 Å². The summed E-state index contributed by atoms with van der Waals surface area (Å²) in [7, 11) is 0. The minimum absolute atomic E-state index is 0.104. The van der Waals surface area contributed by atoms with Crippen molar-refractivity contribution in [1.29, 1.82) is 0 Å². The topological polar surface area (TPSA) is 63.3 Å². The smallest absolute Gasteiger partial charge is 0.274 e. The molecule has 1 amide bonds. The first-order chi connectivity index (χ1) is 13.8. The molecule has 0 aromatic carbocycles. The largest absolute Gasteiger partial charge is 0.468 e. The first kappa shape index (κ1) is 19.0. The van der Waals surface area contributed by atoms with Crippen molar-refractivity contribution in [2.24, 2.45) is 0 Å². The second-order valence-corrected chi connectivity index (χ2v) is 7.85. The lowest BCUT2D eigenvalue weighted by atomic mass is 9.91. The van der Waals surface area contributed by atoms with Crippen molar-refractivity contribution in [2.75, 3.05) is 13.1 Å². The lowest BCUT2D eigenvalue weighted by Crippen LogP contribution is -2.36. The molecule has 1 fully saturated rings. The second-order valence-electron chi connectivity index (χ2n) is 7.85. The van der Waals surface area contributed by atoms with Crippen molar-refractivity contribution >= 4 is 5.91 Å². The minimum Gasteiger partial charge on any atom is -0.468 e. The van der Waals surface area contributed by atoms with E-state index in [1.54, 1.807) is 6.26 Å². The van der Waals surface area contributed by atoms with Gasteiger partial charge in [0.05, 0.1) is 19.4 Å². The molecule has 2 aromatic heterocycles. The molecule has 0 radical (unpaired) electrons. The third-order valence-corrected chi connectivity index (χ3v) is 5.89. The SMILES string of the molecule is C=CCn1nc(C(=O)N2CCCCCC2)c2c1CC[C@@H](NCc1ccco1)C2. The van der Waals surface area contributed by atoms with Gasteiger partial charge in [-0.25, -0.2) is 0 Å². The monoisotopic (exact) mass is 382 g/mol. The number of fused-ring (bicyclic) bond motifs is 1. The van der Waals surface area contributed by atoms with Crippen LogP contribution >= 0.6 is 0 Å². The molecule has 3 heterocycles. The van der Waals surface area contributed by atoms with Crippen LogP contribution in [-0.2, 0) is 25.9 Å². The van der Waals surface area contributed by atoms with Crippen LogP contribution in [0.4, 0.5) is 0 Å². The van der Waals surface area contributed by atoms with Crippen LogP contribution in [0.5, 0.6) is 0 Å². The standard InChI is InChI=1S/C22H30N4O2/c1-2-11-26-20-10-9-17(23-16-18-8-7-14-28-18)15-19(20)21(24-26)22(27)25-12-5-3-4-6-13-25/h2,7-8,14,17,23H,1,3-6,9-13,15-16H2/t17-/m1/s1. The van der Waals surface area contributed by atoms with Crippen LogP contribution in [0, 0.1) is 0 Å². The van der Waals surface area contributed by atoms with E-state index >= 15 is 0 Å². The highest BCUT2D eigenvalue weighted by Gasteiger charge is 2.31. The van der Waals surface area contributed by atoms with Gasteiger partial charge in [-0.15, -0.1) is 6.58 Å². The molecule has 1 N–H and O–H groups in total. The molecule has 1 aliphatic heterocycles. The summed E-state index contributed by atoms with van der Waals surface area (Å²) in [6, 6.07) is 4.22. The van der Waals surface area contributed by atoms with E-state index in [0.717, 1.165) is 56.5 Å². The highest BCUT2D eigenvalue weighted by molar-refractivity contribution is 5.94. The quantitative estimate of drug-likeness (QED) is 0.779. The van der Waals surface area contributed by atoms with Gasteiger partial charge in [0.15, 0.2) is 5.69 Å². The molecular formula is C22H30N4O2. The molecule has 4 rings (SSSR count). The number of aromatic nitrogens is 2. The Kier molecular flexibility index (Phi) is 5.95. The van der Waals surface area contributed by atoms with E-state index in [-0.39, 0.29) is 5.91 Å². The molecule has 28 heavy (non-hydrogen) atoms. The fourth-order valence-electron chi connectivity index (χ4n) is 4.39. The van der Waals surface area contributed by atoms with Gasteiger partial charge < -0.3 is 14.6 Å². The predicted octanol–water partition coefficient (Wildman–Crippen LogP) is 3.33. The van der Waals surface area contributed by atoms with Crippen LogP contribution in [0.25, 0.3) is 0 Å². The molecule has 2 aliphatic rings. The number of carbonyl (C=O) groups is 1. The molecule has 0 spiro atoms. The molecule has 1 atom stereocenters. The Balaban J connectivity index is 1.54. The van der Waals surface area contributed by atoms with Crippen molar-refractivity contribution < 1.29 is 9.21 Å². The fourth-order valence-corrected chi connectivity index (χ4v) is 4.39. The molecule has 0 saturated carbocycles. The Bertz CT molecular complexity index is 801. The van der Waals surface area contributed by atoms with E-state index in [4.69, 9.17) is 9.52 Å². The highest BCUT2D eigenvalue weighted by Crippen LogP contribution is 2.27. The third-order valence-electron chi connectivity index (χ3n) is 5.89. The summed E-state index contributed by atoms with van der Waals surface area (Å²) >= 11 is 0. The van der Waals surface area contributed by atoms with Crippen LogP contribution in [0.2, 0.25) is 0 Å². The maximum absolute atomic E-state index is 13.3. The highest BCUT2D eigenvalue weighted by atomic mass is 16.3. The van der Waals surface area contributed by atoms with E-state index in [9.17, 15) is 4.79 Å². The first-order valence-electron chi connectivity index (χ1n) is 10.5. The average molecular weight is 383 g/mol. The summed E-state index contributed by atoms with van der Waals surface area (Å²) in [5, 5.41) is 8.33. The number of hydrogen-bond acceptors (Lipinski definition) is 4. The Hall–Kier alpha value is -2.34. The number of nitrogens with zero attached hydrogens (tertiary/aromatic N) is 3. The van der Waals surface area contributed by atoms with Gasteiger partial charge in [-0.1, -0.05) is 18.9 Å². The van der Waals surface area contributed by atoms with Gasteiger partial charge in [0.1, 0.15) is 5.76 Å². The van der Waals surface area contributed by atoms with Crippen molar-refractivity contribution in [3.05, 3.63) is 53.8 Å². The molecular weight excluding hydrogens is 352 g/mol. The third kappa shape index (κ3) is 4.07. The van der Waals surface area contributed by atoms with Gasteiger partial charge in [-0.3, -0.25) is 9.48 Å². The summed E-state index contributed by atoms with van der Waals surface area (Å²) in [6.45, 7) is 6.92. The molecule has 1 saturated heterocycles. The molecule has 0 bridgehead atoms. The minimum atomic E-state index is 0.104. The molecule has 6 heteroatoms. The molecule has 0 unspecified atom stereocenters. The summed E-state index contributed by atoms with van der Waals surface area (Å²) in [5.74, 6) is 1.04. The average Bonchev–Trinajstić information content (AvgIpc) is 3.26. The number of likely N-dealkylation sites (tertiary alicyclic amines) is 1. The van der Waals surface area contributed by atoms with Crippen LogP contribution in [0.1, 0.15) is 59.6 Å². The van der Waals surface area contributed by atoms with Gasteiger partial charge >= 0.3 is 0 Å². The normalized spacial score (nSPS) is 19.9. The zero-order valence-corrected chi connectivity index (χ0v) is 16.5. The van der Waals surface area contributed by atoms with E-state index < -0.39 is 0 Å². The van der Waals surface area contributed by atoms with Crippen LogP contribution in [0.3, 0.4) is 0 Å². The number of nitrogens with one attached hydrogen (secondary N) is 1. The number of amides is 1. The number of furan rings is 1. The molecule has 6 nitrogen and oxygen atoms in total. The molecule has 150 valence electrons. The maximum Gasteiger partial charge on any atom is 0.274 e.